The van der Waals surface area contributed by atoms with Crippen LogP contribution in [-0.2, 0) is 44.5 Å². The van der Waals surface area contributed by atoms with Crippen molar-refractivity contribution >= 4 is 23.7 Å². The van der Waals surface area contributed by atoms with Crippen molar-refractivity contribution in [1.29, 1.82) is 0 Å². The summed E-state index contributed by atoms with van der Waals surface area (Å²) in [4.78, 5) is 56.5. The van der Waals surface area contributed by atoms with Gasteiger partial charge in [-0.05, 0) is 33.3 Å². The highest BCUT2D eigenvalue weighted by atomic mass is 16.8. The van der Waals surface area contributed by atoms with Gasteiger partial charge in [-0.15, -0.1) is 0 Å². The number of methoxy groups -OCH3 is 2. The highest BCUT2D eigenvalue weighted by Gasteiger charge is 2.54. The number of aliphatic hydroxyl groups excluding tert-OH is 1. The number of esters is 1. The van der Waals surface area contributed by atoms with E-state index in [1.807, 2.05) is 18.2 Å². The minimum Gasteiger partial charge on any atom is -0.467 e. The molecule has 0 aromatic carbocycles. The lowest BCUT2D eigenvalue weighted by Crippen LogP contribution is -2.64. The molecule has 4 atom stereocenters. The summed E-state index contributed by atoms with van der Waals surface area (Å²) in [5.41, 5.74) is -2.68. The number of allylic oxidation sites excluding steroid dienone is 11. The first kappa shape index (κ1) is 44.2. The van der Waals surface area contributed by atoms with Crippen LogP contribution in [-0.4, -0.2) is 114 Å². The molecule has 1 aromatic heterocycles. The van der Waals surface area contributed by atoms with Gasteiger partial charge in [0.2, 0.25) is 5.91 Å². The topological polar surface area (TPSA) is 190 Å². The fraction of sp³-hybridized carbons (Fsp3) is 0.447. The van der Waals surface area contributed by atoms with Crippen LogP contribution >= 0.6 is 0 Å². The molecule has 1 saturated heterocycles. The van der Waals surface area contributed by atoms with Crippen molar-refractivity contribution in [3.63, 3.8) is 0 Å². The Morgan fingerprint density at radius 1 is 1.06 bits per heavy atom. The number of hydrogen-bond donors (Lipinski definition) is 3. The normalized spacial score (nSPS) is 18.9. The van der Waals surface area contributed by atoms with Crippen molar-refractivity contribution in [2.45, 2.75) is 65.0 Å². The Bertz CT molecular complexity index is 1600. The number of nitrogens with zero attached hydrogens (tertiary/aromatic N) is 3. The van der Waals surface area contributed by atoms with Gasteiger partial charge in [0.1, 0.15) is 12.4 Å². The lowest BCUT2D eigenvalue weighted by Gasteiger charge is -2.38. The van der Waals surface area contributed by atoms with E-state index in [0.29, 0.717) is 17.9 Å². The number of nitrogens with one attached hydrogen (secondary N) is 1. The molecule has 15 heteroatoms. The number of hydroxylamine groups is 2. The zero-order chi connectivity index (χ0) is 39.6. The Morgan fingerprint density at radius 3 is 2.30 bits per heavy atom. The molecule has 4 unspecified atom stereocenters. The summed E-state index contributed by atoms with van der Waals surface area (Å²) in [5.74, 6) is -1.59. The van der Waals surface area contributed by atoms with E-state index in [1.165, 1.54) is 26.3 Å². The van der Waals surface area contributed by atoms with E-state index in [2.05, 4.69) is 10.3 Å². The van der Waals surface area contributed by atoms with Crippen LogP contribution in [0.4, 0.5) is 0 Å². The smallest absolute Gasteiger partial charge is 0.331 e. The number of likely N-dealkylation sites (N-methyl/N-ethyl adjacent to an activating group) is 1. The molecule has 1 fully saturated rings. The Balaban J connectivity index is 1.86. The number of oxazole rings is 1. The van der Waals surface area contributed by atoms with Gasteiger partial charge in [0.15, 0.2) is 18.7 Å². The lowest BCUT2D eigenvalue weighted by atomic mass is 9.81. The van der Waals surface area contributed by atoms with Crippen LogP contribution in [0.1, 0.15) is 39.3 Å². The number of hydrogen-bond acceptors (Lipinski definition) is 12. The van der Waals surface area contributed by atoms with Crippen molar-refractivity contribution in [2.75, 3.05) is 41.2 Å². The summed E-state index contributed by atoms with van der Waals surface area (Å²) in [5, 5.41) is 24.5. The van der Waals surface area contributed by atoms with Crippen molar-refractivity contribution in [1.82, 2.24) is 20.3 Å². The third kappa shape index (κ3) is 12.6. The maximum absolute atomic E-state index is 13.5. The molecule has 0 saturated carbocycles. The molecular weight excluding hydrogens is 688 g/mol. The van der Waals surface area contributed by atoms with E-state index < -0.39 is 53.8 Å². The minimum atomic E-state index is -2.24. The molecule has 15 nitrogen and oxygen atoms in total. The SMILES string of the molecule is COC(=O)C(C(C)OC)N(C)C(=O)C1(N(O)C(=O)C=CC=CC=CC=CCNC(=O)C(C)(C)C(O)C(C)=CC=CC=CCc2cnc(C)o2)COCO1. The average molecular weight is 741 g/mol. The molecule has 0 bridgehead atoms. The van der Waals surface area contributed by atoms with Gasteiger partial charge in [-0.25, -0.2) is 9.78 Å². The summed E-state index contributed by atoms with van der Waals surface area (Å²) in [7, 11) is 3.81. The molecule has 2 heterocycles. The van der Waals surface area contributed by atoms with Gasteiger partial charge >= 0.3 is 5.97 Å². The Hall–Kier alpha value is -4.93. The number of carbonyl (C=O) groups is 4. The number of amides is 3. The van der Waals surface area contributed by atoms with Crippen LogP contribution in [0.5, 0.6) is 0 Å². The first-order valence-electron chi connectivity index (χ1n) is 16.8. The number of carbonyl (C=O) groups excluding carboxylic acids is 4. The molecule has 3 amide bonds. The standard InChI is InChI=1S/C38H52N4O11/c1-27(20-16-13-14-17-21-30-24-40-29(3)53-30)33(44)37(4,5)35(46)39-23-19-15-11-9-10-12-18-22-31(43)42(48)38(25-51-26-52-38)36(47)41(6)32(28(2)49-7)34(45)50-8/h9-20,22,24,28,32-33,44,48H,21,23,25-26H2,1-8H3,(H,39,46). The largest absolute Gasteiger partial charge is 0.467 e. The summed E-state index contributed by atoms with van der Waals surface area (Å²) in [6, 6.07) is -1.20. The van der Waals surface area contributed by atoms with Crippen LogP contribution in [0.15, 0.2) is 95.2 Å². The van der Waals surface area contributed by atoms with E-state index in [1.54, 1.807) is 83.3 Å². The van der Waals surface area contributed by atoms with Gasteiger partial charge in [-0.3, -0.25) is 19.6 Å². The minimum absolute atomic E-state index is 0.125. The van der Waals surface area contributed by atoms with E-state index >= 15 is 0 Å². The fourth-order valence-corrected chi connectivity index (χ4v) is 5.00. The van der Waals surface area contributed by atoms with E-state index in [9.17, 15) is 29.5 Å². The van der Waals surface area contributed by atoms with Crippen molar-refractivity contribution < 1.29 is 52.9 Å². The first-order valence-corrected chi connectivity index (χ1v) is 16.8. The molecule has 1 aliphatic rings. The quantitative estimate of drug-likeness (QED) is 0.0618. The molecule has 1 aliphatic heterocycles. The number of aliphatic hydroxyl groups is 1. The zero-order valence-corrected chi connectivity index (χ0v) is 31.6. The maximum Gasteiger partial charge on any atom is 0.331 e. The summed E-state index contributed by atoms with van der Waals surface area (Å²) in [6.07, 6.45) is 22.0. The van der Waals surface area contributed by atoms with Crippen LogP contribution < -0.4 is 5.32 Å². The Kier molecular flexibility index (Phi) is 18.0. The van der Waals surface area contributed by atoms with Gasteiger partial charge < -0.3 is 38.7 Å². The molecule has 290 valence electrons. The summed E-state index contributed by atoms with van der Waals surface area (Å²) in [6.45, 7) is 7.82. The summed E-state index contributed by atoms with van der Waals surface area (Å²) < 4.78 is 26.0. The van der Waals surface area contributed by atoms with E-state index in [0.717, 1.165) is 23.8 Å². The predicted octanol–water partition coefficient (Wildman–Crippen LogP) is 3.27. The van der Waals surface area contributed by atoms with Crippen LogP contribution in [0.2, 0.25) is 0 Å². The second-order valence-corrected chi connectivity index (χ2v) is 12.5. The second-order valence-electron chi connectivity index (χ2n) is 12.5. The molecule has 2 rings (SSSR count). The first-order chi connectivity index (χ1) is 25.1. The van der Waals surface area contributed by atoms with E-state index in [-0.39, 0.29) is 24.3 Å². The predicted molar refractivity (Wildman–Crippen MR) is 195 cm³/mol. The molecule has 53 heavy (non-hydrogen) atoms. The maximum atomic E-state index is 13.5. The van der Waals surface area contributed by atoms with Gasteiger partial charge in [-0.1, -0.05) is 72.9 Å². The Morgan fingerprint density at radius 2 is 1.70 bits per heavy atom. The number of aromatic nitrogens is 1. The van der Waals surface area contributed by atoms with Gasteiger partial charge in [0.25, 0.3) is 17.5 Å². The Labute approximate surface area is 310 Å². The third-order valence-electron chi connectivity index (χ3n) is 8.28. The van der Waals surface area contributed by atoms with Gasteiger partial charge in [0.05, 0.1) is 30.9 Å². The second kappa shape index (κ2) is 21.6. The highest BCUT2D eigenvalue weighted by molar-refractivity contribution is 5.95. The molecule has 0 radical (unpaired) electrons. The molecular formula is C38H52N4O11. The summed E-state index contributed by atoms with van der Waals surface area (Å²) >= 11 is 0. The molecule has 0 spiro atoms. The fourth-order valence-electron chi connectivity index (χ4n) is 5.00. The van der Waals surface area contributed by atoms with E-state index in [4.69, 9.17) is 23.4 Å². The average Bonchev–Trinajstić information content (AvgIpc) is 3.82. The zero-order valence-electron chi connectivity index (χ0n) is 31.6. The number of rotatable bonds is 19. The lowest BCUT2D eigenvalue weighted by molar-refractivity contribution is -0.246. The number of ether oxygens (including phenoxy) is 4. The van der Waals surface area contributed by atoms with Crippen LogP contribution in [0.3, 0.4) is 0 Å². The third-order valence-corrected chi connectivity index (χ3v) is 8.28. The van der Waals surface area contributed by atoms with Crippen LogP contribution in [0, 0.1) is 12.3 Å². The van der Waals surface area contributed by atoms with Crippen molar-refractivity contribution in [3.8, 4) is 0 Å². The van der Waals surface area contributed by atoms with Crippen molar-refractivity contribution in [2.24, 2.45) is 5.41 Å². The molecule has 3 N–H and O–H groups in total. The molecule has 0 aliphatic carbocycles. The highest BCUT2D eigenvalue weighted by Crippen LogP contribution is 2.28. The van der Waals surface area contributed by atoms with Crippen molar-refractivity contribution in [3.05, 3.63) is 102 Å². The van der Waals surface area contributed by atoms with Gasteiger partial charge in [0, 0.05) is 40.1 Å². The molecule has 1 aromatic rings. The van der Waals surface area contributed by atoms with Crippen LogP contribution in [0.25, 0.3) is 0 Å². The monoisotopic (exact) mass is 740 g/mol. The van der Waals surface area contributed by atoms with Gasteiger partial charge in [-0.2, -0.15) is 5.06 Å². The number of aryl methyl sites for hydroxylation is 1.